The second kappa shape index (κ2) is 3.39. The van der Waals surface area contributed by atoms with E-state index in [1.54, 1.807) is 18.0 Å². The maximum absolute atomic E-state index is 5.64. The summed E-state index contributed by atoms with van der Waals surface area (Å²) >= 11 is 0. The van der Waals surface area contributed by atoms with Crippen molar-refractivity contribution in [3.05, 3.63) is 11.9 Å². The molecule has 0 fully saturated rings. The fourth-order valence-corrected chi connectivity index (χ4v) is 0.985. The van der Waals surface area contributed by atoms with Crippen LogP contribution in [0.5, 0.6) is 0 Å². The summed E-state index contributed by atoms with van der Waals surface area (Å²) in [6.07, 6.45) is 2.48. The van der Waals surface area contributed by atoms with Crippen molar-refractivity contribution in [2.24, 2.45) is 7.05 Å². The Kier molecular flexibility index (Phi) is 2.48. The number of rotatable bonds is 3. The number of hydrogen-bond donors (Lipinski definition) is 1. The summed E-state index contributed by atoms with van der Waals surface area (Å²) in [5, 5.41) is 4.01. The molecule has 0 spiro atoms. The Morgan fingerprint density at radius 3 is 2.91 bits per heavy atom. The van der Waals surface area contributed by atoms with E-state index in [2.05, 4.69) is 5.10 Å². The van der Waals surface area contributed by atoms with Gasteiger partial charge in [-0.3, -0.25) is 4.68 Å². The van der Waals surface area contributed by atoms with Crippen molar-refractivity contribution in [3.8, 4) is 0 Å². The molecule has 1 aromatic rings. The van der Waals surface area contributed by atoms with E-state index in [0.29, 0.717) is 6.61 Å². The Balaban J connectivity index is 2.67. The van der Waals surface area contributed by atoms with Crippen LogP contribution in [0, 0.1) is 0 Å². The van der Waals surface area contributed by atoms with Crippen LogP contribution in [0.4, 0.5) is 5.69 Å². The topological polar surface area (TPSA) is 53.1 Å². The van der Waals surface area contributed by atoms with Crippen LogP contribution in [-0.2, 0) is 18.2 Å². The molecule has 0 atom stereocenters. The van der Waals surface area contributed by atoms with E-state index >= 15 is 0 Å². The highest BCUT2D eigenvalue weighted by Crippen LogP contribution is 2.09. The molecule has 4 nitrogen and oxygen atoms in total. The molecule has 4 heteroatoms. The van der Waals surface area contributed by atoms with Gasteiger partial charge in [0.1, 0.15) is 0 Å². The van der Waals surface area contributed by atoms with Crippen molar-refractivity contribution in [1.29, 1.82) is 0 Å². The van der Waals surface area contributed by atoms with Gasteiger partial charge in [-0.25, -0.2) is 0 Å². The third kappa shape index (κ3) is 1.71. The quantitative estimate of drug-likeness (QED) is 0.678. The predicted octanol–water partition coefficient (Wildman–Crippen LogP) is 0.191. The summed E-state index contributed by atoms with van der Waals surface area (Å²) in [6, 6.07) is 0. The van der Waals surface area contributed by atoms with E-state index in [0.717, 1.165) is 17.8 Å². The summed E-state index contributed by atoms with van der Waals surface area (Å²) in [6.45, 7) is 0.684. The molecule has 0 aromatic carbocycles. The van der Waals surface area contributed by atoms with Gasteiger partial charge in [0.2, 0.25) is 0 Å². The van der Waals surface area contributed by atoms with Crippen LogP contribution in [0.15, 0.2) is 6.20 Å². The molecule has 0 unspecified atom stereocenters. The minimum Gasteiger partial charge on any atom is -0.396 e. The highest BCUT2D eigenvalue weighted by Gasteiger charge is 2.03. The number of methoxy groups -OCH3 is 1. The lowest BCUT2D eigenvalue weighted by Crippen LogP contribution is -2.04. The van der Waals surface area contributed by atoms with Gasteiger partial charge in [0.05, 0.1) is 24.2 Å². The summed E-state index contributed by atoms with van der Waals surface area (Å²) in [4.78, 5) is 0. The third-order valence-corrected chi connectivity index (χ3v) is 1.64. The molecule has 2 N–H and O–H groups in total. The molecule has 62 valence electrons. The first kappa shape index (κ1) is 8.07. The monoisotopic (exact) mass is 155 g/mol. The van der Waals surface area contributed by atoms with E-state index < -0.39 is 0 Å². The Morgan fingerprint density at radius 1 is 1.73 bits per heavy atom. The zero-order chi connectivity index (χ0) is 8.27. The van der Waals surface area contributed by atoms with Crippen molar-refractivity contribution >= 4 is 5.69 Å². The number of aromatic nitrogens is 2. The molecular weight excluding hydrogens is 142 g/mol. The second-order valence-corrected chi connectivity index (χ2v) is 2.41. The van der Waals surface area contributed by atoms with Gasteiger partial charge >= 0.3 is 0 Å². The Bertz CT molecular complexity index is 212. The van der Waals surface area contributed by atoms with Crippen LogP contribution in [-0.4, -0.2) is 23.5 Å². The normalized spacial score (nSPS) is 10.4. The van der Waals surface area contributed by atoms with E-state index in [4.69, 9.17) is 10.5 Å². The van der Waals surface area contributed by atoms with Gasteiger partial charge in [0.15, 0.2) is 0 Å². The lowest BCUT2D eigenvalue weighted by Gasteiger charge is -2.01. The summed E-state index contributed by atoms with van der Waals surface area (Å²) in [7, 11) is 3.55. The fourth-order valence-electron chi connectivity index (χ4n) is 0.985. The lowest BCUT2D eigenvalue weighted by molar-refractivity contribution is 0.200. The molecule has 1 rings (SSSR count). The lowest BCUT2D eigenvalue weighted by atomic mass is 10.3. The molecule has 0 saturated heterocycles. The average Bonchev–Trinajstić information content (AvgIpc) is 2.29. The maximum atomic E-state index is 5.64. The summed E-state index contributed by atoms with van der Waals surface area (Å²) < 4.78 is 6.70. The van der Waals surface area contributed by atoms with E-state index in [-0.39, 0.29) is 0 Å². The Labute approximate surface area is 66.0 Å². The SMILES string of the molecule is COCCc1c(N)cnn1C. The highest BCUT2D eigenvalue weighted by molar-refractivity contribution is 5.40. The Hall–Kier alpha value is -1.03. The number of nitrogens with zero attached hydrogens (tertiary/aromatic N) is 2. The van der Waals surface area contributed by atoms with Crippen molar-refractivity contribution in [3.63, 3.8) is 0 Å². The summed E-state index contributed by atoms with van der Waals surface area (Å²) in [5.41, 5.74) is 7.42. The number of anilines is 1. The zero-order valence-corrected chi connectivity index (χ0v) is 6.87. The van der Waals surface area contributed by atoms with Crippen molar-refractivity contribution in [2.45, 2.75) is 6.42 Å². The van der Waals surface area contributed by atoms with Gasteiger partial charge in [-0.05, 0) is 0 Å². The number of nitrogen functional groups attached to an aromatic ring is 1. The van der Waals surface area contributed by atoms with Gasteiger partial charge < -0.3 is 10.5 Å². The first-order valence-electron chi connectivity index (χ1n) is 3.51. The third-order valence-electron chi connectivity index (χ3n) is 1.64. The smallest absolute Gasteiger partial charge is 0.0733 e. The molecular formula is C7H13N3O. The molecule has 1 aromatic heterocycles. The van der Waals surface area contributed by atoms with Crippen LogP contribution in [0.3, 0.4) is 0 Å². The molecule has 0 bridgehead atoms. The van der Waals surface area contributed by atoms with Crippen LogP contribution in [0.25, 0.3) is 0 Å². The van der Waals surface area contributed by atoms with Gasteiger partial charge in [-0.1, -0.05) is 0 Å². The molecule has 0 aliphatic carbocycles. The average molecular weight is 155 g/mol. The van der Waals surface area contributed by atoms with Crippen LogP contribution in [0.2, 0.25) is 0 Å². The van der Waals surface area contributed by atoms with Crippen molar-refractivity contribution in [1.82, 2.24) is 9.78 Å². The van der Waals surface area contributed by atoms with E-state index in [1.807, 2.05) is 7.05 Å². The molecule has 0 amide bonds. The van der Waals surface area contributed by atoms with E-state index in [9.17, 15) is 0 Å². The predicted molar refractivity (Wildman–Crippen MR) is 43.2 cm³/mol. The van der Waals surface area contributed by atoms with Gasteiger partial charge in [0, 0.05) is 20.6 Å². The largest absolute Gasteiger partial charge is 0.396 e. The second-order valence-electron chi connectivity index (χ2n) is 2.41. The number of ether oxygens (including phenoxy) is 1. The molecule has 0 radical (unpaired) electrons. The number of aryl methyl sites for hydroxylation is 1. The number of nitrogens with two attached hydrogens (primary N) is 1. The maximum Gasteiger partial charge on any atom is 0.0733 e. The van der Waals surface area contributed by atoms with E-state index in [1.165, 1.54) is 0 Å². The first-order chi connectivity index (χ1) is 5.25. The fraction of sp³-hybridized carbons (Fsp3) is 0.571. The summed E-state index contributed by atoms with van der Waals surface area (Å²) in [5.74, 6) is 0. The van der Waals surface area contributed by atoms with Crippen LogP contribution >= 0.6 is 0 Å². The minimum atomic E-state index is 0.684. The van der Waals surface area contributed by atoms with Gasteiger partial charge in [-0.15, -0.1) is 0 Å². The van der Waals surface area contributed by atoms with Gasteiger partial charge in [0.25, 0.3) is 0 Å². The first-order valence-corrected chi connectivity index (χ1v) is 3.51. The van der Waals surface area contributed by atoms with Crippen molar-refractivity contribution in [2.75, 3.05) is 19.5 Å². The molecule has 0 aliphatic heterocycles. The van der Waals surface area contributed by atoms with Crippen molar-refractivity contribution < 1.29 is 4.74 Å². The molecule has 0 saturated carbocycles. The van der Waals surface area contributed by atoms with Crippen LogP contribution < -0.4 is 5.73 Å². The molecule has 1 heterocycles. The van der Waals surface area contributed by atoms with Gasteiger partial charge in [-0.2, -0.15) is 5.10 Å². The van der Waals surface area contributed by atoms with Crippen LogP contribution in [0.1, 0.15) is 5.69 Å². The minimum absolute atomic E-state index is 0.684. The standard InChI is InChI=1S/C7H13N3O/c1-10-7(3-4-11-2)6(8)5-9-10/h5H,3-4,8H2,1-2H3. The Morgan fingerprint density at radius 2 is 2.45 bits per heavy atom. The highest BCUT2D eigenvalue weighted by atomic mass is 16.5. The zero-order valence-electron chi connectivity index (χ0n) is 6.87. The number of hydrogen-bond acceptors (Lipinski definition) is 3. The molecule has 0 aliphatic rings. The molecule has 11 heavy (non-hydrogen) atoms.